The topological polar surface area (TPSA) is 250 Å². The van der Waals surface area contributed by atoms with Crippen molar-refractivity contribution in [1.82, 2.24) is 4.90 Å². The van der Waals surface area contributed by atoms with Gasteiger partial charge in [0.15, 0.2) is 17.8 Å². The highest BCUT2D eigenvalue weighted by Crippen LogP contribution is 2.62. The Balaban J connectivity index is 1.24. The minimum atomic E-state index is -1.75. The van der Waals surface area contributed by atoms with Crippen molar-refractivity contribution in [2.45, 2.75) is 75.8 Å². The molecule has 5 aromatic rings. The second-order valence-corrected chi connectivity index (χ2v) is 19.0. The number of rotatable bonds is 24. The van der Waals surface area contributed by atoms with E-state index in [9.17, 15) is 35.2 Å². The van der Waals surface area contributed by atoms with Crippen LogP contribution in [-0.2, 0) is 22.7 Å². The Morgan fingerprint density at radius 1 is 0.831 bits per heavy atom. The number of carbonyl (C=O) groups excluding carboxylic acids is 2. The van der Waals surface area contributed by atoms with Crippen molar-refractivity contribution in [3.63, 3.8) is 0 Å². The van der Waals surface area contributed by atoms with Crippen LogP contribution in [0, 0.1) is 38.0 Å². The van der Waals surface area contributed by atoms with Crippen LogP contribution in [0.2, 0.25) is 0 Å². The quantitative estimate of drug-likeness (QED) is 0.0192. The van der Waals surface area contributed by atoms with Gasteiger partial charge in [0, 0.05) is 61.9 Å². The maximum absolute atomic E-state index is 15.3. The van der Waals surface area contributed by atoms with Gasteiger partial charge in [-0.2, -0.15) is 0 Å². The van der Waals surface area contributed by atoms with Crippen molar-refractivity contribution in [3.05, 3.63) is 170 Å². The molecule has 1 saturated carbocycles. The van der Waals surface area contributed by atoms with Gasteiger partial charge in [-0.3, -0.25) is 29.9 Å². The number of carbonyl (C=O) groups is 2. The van der Waals surface area contributed by atoms with Gasteiger partial charge in [0.1, 0.15) is 41.4 Å². The number of hydrogen-bond acceptors (Lipinski definition) is 17. The Kier molecular flexibility index (Phi) is 16.8. The molecule has 1 fully saturated rings. The average Bonchev–Trinajstić information content (AvgIpc) is 3.96. The summed E-state index contributed by atoms with van der Waals surface area (Å²) in [7, 11) is 1.47. The molecule has 9 rings (SSSR count). The Labute approximate surface area is 443 Å². The minimum absolute atomic E-state index is 0.00235. The highest BCUT2D eigenvalue weighted by atomic mass is 16.7. The molecule has 5 aromatic carbocycles. The number of unbranched alkanes of at least 4 members (excludes halogenated alkanes) is 2. The molecule has 0 spiro atoms. The summed E-state index contributed by atoms with van der Waals surface area (Å²) in [5.74, 6) is -0.674. The number of non-ortho nitro benzene ring substituents is 2. The van der Waals surface area contributed by atoms with E-state index in [4.69, 9.17) is 43.2 Å². The van der Waals surface area contributed by atoms with Crippen LogP contribution < -0.4 is 28.4 Å². The first kappa shape index (κ1) is 53.5. The molecular weight excluding hydrogens is 997 g/mol. The first-order valence-electron chi connectivity index (χ1n) is 25.3. The first-order chi connectivity index (χ1) is 37.5. The fraction of sp³-hybridized carbons (Fsp3) is 0.351. The van der Waals surface area contributed by atoms with Crippen molar-refractivity contribution < 1.29 is 67.6 Å². The van der Waals surface area contributed by atoms with E-state index in [0.29, 0.717) is 102 Å². The van der Waals surface area contributed by atoms with E-state index in [-0.39, 0.29) is 75.1 Å². The van der Waals surface area contributed by atoms with Crippen LogP contribution in [-0.4, -0.2) is 88.6 Å². The molecule has 77 heavy (non-hydrogen) atoms. The van der Waals surface area contributed by atoms with E-state index in [1.165, 1.54) is 48.4 Å². The zero-order valence-electron chi connectivity index (χ0n) is 42.2. The number of ether oxygens (including phenoxy) is 7. The number of methoxy groups -OCH3 is 1. The molecule has 0 radical (unpaired) electrons. The highest BCUT2D eigenvalue weighted by molar-refractivity contribution is 6.03. The van der Waals surface area contributed by atoms with Gasteiger partial charge in [-0.25, -0.2) is 4.79 Å². The summed E-state index contributed by atoms with van der Waals surface area (Å²) in [5.41, 5.74) is 3.14. The number of oxime groups is 1. The summed E-state index contributed by atoms with van der Waals surface area (Å²) < 4.78 is 44.0. The van der Waals surface area contributed by atoms with Gasteiger partial charge in [0.05, 0.1) is 40.8 Å². The molecule has 2 N–H and O–H groups in total. The van der Waals surface area contributed by atoms with E-state index in [1.54, 1.807) is 66.7 Å². The number of benzene rings is 5. The lowest BCUT2D eigenvalue weighted by atomic mass is 9.55. The number of hydrogen-bond donors (Lipinski definition) is 2. The number of allylic oxidation sites excluding steroid dienone is 1. The SMILES string of the molecule is C=CCO[C@@]12Oc3ccc(Oc4ccc(OC)c(C=O)c4)cc3[C@H]3[C@H](CCCCO)[C@@H](CCCCO)C=C(C(=NOCc4ccc([N+](=O)[O-])cc4)C[C@@H]1N(Cc1ccc4c(c1)OCO4)C(=O)Oc1ccc([N+](=O)[O-])cc1)[C@H]32. The lowest BCUT2D eigenvalue weighted by Crippen LogP contribution is -2.70. The Morgan fingerprint density at radius 2 is 1.49 bits per heavy atom. The van der Waals surface area contributed by atoms with Crippen LogP contribution in [0.4, 0.5) is 16.2 Å². The normalized spacial score (nSPS) is 21.1. The number of nitro groups is 2. The lowest BCUT2D eigenvalue weighted by molar-refractivity contribution is -0.385. The summed E-state index contributed by atoms with van der Waals surface area (Å²) >= 11 is 0. The van der Waals surface area contributed by atoms with E-state index in [2.05, 4.69) is 12.7 Å². The van der Waals surface area contributed by atoms with Gasteiger partial charge >= 0.3 is 6.09 Å². The number of nitro benzene ring substituents is 2. The maximum atomic E-state index is 15.3. The molecule has 2 aliphatic heterocycles. The summed E-state index contributed by atoms with van der Waals surface area (Å²) in [6.45, 7) is 3.76. The molecule has 1 amide bonds. The van der Waals surface area contributed by atoms with Gasteiger partial charge in [-0.1, -0.05) is 36.2 Å². The van der Waals surface area contributed by atoms with Gasteiger partial charge < -0.3 is 48.2 Å². The molecule has 4 aliphatic rings. The van der Waals surface area contributed by atoms with Crippen molar-refractivity contribution in [1.29, 1.82) is 0 Å². The van der Waals surface area contributed by atoms with Crippen LogP contribution in [0.5, 0.6) is 40.2 Å². The molecule has 6 atom stereocenters. The number of amides is 1. The molecule has 20 nitrogen and oxygen atoms in total. The number of nitrogens with zero attached hydrogens (tertiary/aromatic N) is 4. The van der Waals surface area contributed by atoms with Gasteiger partial charge in [0.25, 0.3) is 11.4 Å². The molecule has 20 heteroatoms. The lowest BCUT2D eigenvalue weighted by Gasteiger charge is -2.59. The highest BCUT2D eigenvalue weighted by Gasteiger charge is 2.66. The summed E-state index contributed by atoms with van der Waals surface area (Å²) in [6.07, 6.45) is 7.28. The molecule has 0 aromatic heterocycles. The molecule has 0 unspecified atom stereocenters. The second-order valence-electron chi connectivity index (χ2n) is 19.0. The fourth-order valence-corrected chi connectivity index (χ4v) is 10.9. The third kappa shape index (κ3) is 11.6. The number of aliphatic hydroxyl groups excluding tert-OH is 2. The van der Waals surface area contributed by atoms with Crippen LogP contribution >= 0.6 is 0 Å². The summed E-state index contributed by atoms with van der Waals surface area (Å²) in [6, 6.07) is 25.6. The van der Waals surface area contributed by atoms with Crippen molar-refractivity contribution in [2.75, 3.05) is 33.7 Å². The molecular formula is C57H58N4O16. The molecule has 2 heterocycles. The van der Waals surface area contributed by atoms with Crippen LogP contribution in [0.25, 0.3) is 0 Å². The van der Waals surface area contributed by atoms with Crippen LogP contribution in [0.3, 0.4) is 0 Å². The van der Waals surface area contributed by atoms with Gasteiger partial charge in [0.2, 0.25) is 12.6 Å². The number of aldehydes is 1. The van der Waals surface area contributed by atoms with Crippen LogP contribution in [0.15, 0.2) is 133 Å². The van der Waals surface area contributed by atoms with Crippen molar-refractivity contribution in [3.8, 4) is 40.2 Å². The van der Waals surface area contributed by atoms with Gasteiger partial charge in [-0.05, 0) is 127 Å². The minimum Gasteiger partial charge on any atom is -0.496 e. The smallest absolute Gasteiger partial charge is 0.416 e. The number of aliphatic hydroxyl groups is 2. The fourth-order valence-electron chi connectivity index (χ4n) is 10.9. The first-order valence-corrected chi connectivity index (χ1v) is 25.3. The third-order valence-corrected chi connectivity index (χ3v) is 14.4. The number of fused-ring (bicyclic) bond motifs is 3. The summed E-state index contributed by atoms with van der Waals surface area (Å²) in [5, 5.41) is 48.2. The zero-order valence-corrected chi connectivity index (χ0v) is 42.2. The molecule has 2 aliphatic carbocycles. The Hall–Kier alpha value is -8.33. The van der Waals surface area contributed by atoms with E-state index >= 15 is 4.79 Å². The van der Waals surface area contributed by atoms with Gasteiger partial charge in [-0.15, -0.1) is 6.58 Å². The standard InChI is InChI=1S/C57H58N4O16/c1-3-26-73-57-53(59(32-37-12-21-51-52(27-37)72-35-71-51)56(65)76-42-17-15-41(16-18-42)61(68)69)31-48(58-74-34-36-10-13-40(14-11-36)60(66)67)46-29-38(8-4-6-24-62)45(9-5-7-25-63)54(55(46)57)47-30-44(20-23-50(47)77-57)75-43-19-22-49(70-2)39(28-43)33-64/h3,10-23,27-30,33,38,45,53-55,62-63H,1,4-9,24-26,31-32,34-35H2,2H3/t38-,45+,53-,54+,55+,57+/m0/s1. The van der Waals surface area contributed by atoms with E-state index in [1.807, 2.05) is 6.07 Å². The molecule has 0 saturated heterocycles. The predicted octanol–water partition coefficient (Wildman–Crippen LogP) is 10.4. The second kappa shape index (κ2) is 24.1. The predicted molar refractivity (Wildman–Crippen MR) is 279 cm³/mol. The Morgan fingerprint density at radius 3 is 2.19 bits per heavy atom. The molecule has 0 bridgehead atoms. The zero-order chi connectivity index (χ0) is 54.1. The maximum Gasteiger partial charge on any atom is 0.416 e. The Bertz CT molecular complexity index is 3040. The third-order valence-electron chi connectivity index (χ3n) is 14.4. The van der Waals surface area contributed by atoms with E-state index in [0.717, 1.165) is 11.1 Å². The monoisotopic (exact) mass is 1050 g/mol. The average molecular weight is 1060 g/mol. The largest absolute Gasteiger partial charge is 0.496 e. The van der Waals surface area contributed by atoms with Crippen molar-refractivity contribution in [2.24, 2.45) is 22.9 Å². The van der Waals surface area contributed by atoms with Crippen LogP contribution in [0.1, 0.15) is 77.9 Å². The van der Waals surface area contributed by atoms with Crippen molar-refractivity contribution >= 4 is 29.5 Å². The summed E-state index contributed by atoms with van der Waals surface area (Å²) in [4.78, 5) is 57.2. The molecule has 402 valence electrons. The van der Waals surface area contributed by atoms with E-state index < -0.39 is 39.6 Å².